The van der Waals surface area contributed by atoms with Gasteiger partial charge < -0.3 is 5.11 Å². The van der Waals surface area contributed by atoms with Crippen molar-refractivity contribution in [3.63, 3.8) is 0 Å². The maximum atomic E-state index is 10.5. The Kier molecular flexibility index (Phi) is 6.74. The fourth-order valence-corrected chi connectivity index (χ4v) is 2.51. The van der Waals surface area contributed by atoms with E-state index >= 15 is 0 Å². The molecule has 1 heteroatoms. The van der Waals surface area contributed by atoms with Crippen LogP contribution in [0, 0.1) is 5.92 Å². The second-order valence-electron chi connectivity index (χ2n) is 5.11. The van der Waals surface area contributed by atoms with Crippen LogP contribution in [0.4, 0.5) is 0 Å². The summed E-state index contributed by atoms with van der Waals surface area (Å²) in [6.07, 6.45) is 5.63. The maximum absolute atomic E-state index is 10.5. The topological polar surface area (TPSA) is 20.2 Å². The van der Waals surface area contributed by atoms with Crippen LogP contribution >= 0.6 is 0 Å². The zero-order chi connectivity index (χ0) is 13.4. The summed E-state index contributed by atoms with van der Waals surface area (Å²) in [6, 6.07) is 10.4. The third-order valence-electron chi connectivity index (χ3n) is 3.76. The van der Waals surface area contributed by atoms with Crippen molar-refractivity contribution in [2.24, 2.45) is 5.92 Å². The highest BCUT2D eigenvalue weighted by atomic mass is 16.3. The molecule has 100 valence electrons. The van der Waals surface area contributed by atoms with Gasteiger partial charge in [0.15, 0.2) is 0 Å². The Bertz CT molecular complexity index is 331. The first-order valence-electron chi connectivity index (χ1n) is 7.04. The van der Waals surface area contributed by atoms with Crippen molar-refractivity contribution in [2.75, 3.05) is 0 Å². The van der Waals surface area contributed by atoms with Crippen molar-refractivity contribution in [1.82, 2.24) is 0 Å². The Balaban J connectivity index is 2.75. The number of benzene rings is 1. The number of aliphatic hydroxyl groups is 1. The van der Waals surface area contributed by atoms with E-state index in [1.807, 2.05) is 12.1 Å². The van der Waals surface area contributed by atoms with Crippen molar-refractivity contribution >= 4 is 0 Å². The van der Waals surface area contributed by atoms with E-state index < -0.39 is 0 Å². The zero-order valence-electron chi connectivity index (χ0n) is 11.7. The first-order valence-corrected chi connectivity index (χ1v) is 7.04. The first kappa shape index (κ1) is 15.0. The molecule has 1 N–H and O–H groups in total. The summed E-state index contributed by atoms with van der Waals surface area (Å²) < 4.78 is 0. The van der Waals surface area contributed by atoms with Gasteiger partial charge in [-0.25, -0.2) is 0 Å². The maximum Gasteiger partial charge on any atom is 0.0611 e. The number of aliphatic hydroxyl groups excluding tert-OH is 1. The van der Waals surface area contributed by atoms with Crippen LogP contribution in [0.1, 0.15) is 51.0 Å². The molecule has 1 rings (SSSR count). The van der Waals surface area contributed by atoms with Gasteiger partial charge in [0.25, 0.3) is 0 Å². The molecule has 0 radical (unpaired) electrons. The van der Waals surface area contributed by atoms with Crippen molar-refractivity contribution in [1.29, 1.82) is 0 Å². The van der Waals surface area contributed by atoms with Gasteiger partial charge in [-0.15, -0.1) is 6.58 Å². The number of unbranched alkanes of at least 4 members (excludes halogenated alkanes) is 1. The highest BCUT2D eigenvalue weighted by Gasteiger charge is 2.25. The Hall–Kier alpha value is -1.08. The molecule has 1 aromatic rings. The molecular formula is C17H26O. The predicted octanol–water partition coefficient (Wildman–Crippen LogP) is 4.53. The molecule has 0 amide bonds. The Morgan fingerprint density at radius 2 is 1.94 bits per heavy atom. The number of hydrogen-bond acceptors (Lipinski definition) is 1. The lowest BCUT2D eigenvalue weighted by Gasteiger charge is -2.28. The molecule has 0 spiro atoms. The molecule has 3 atom stereocenters. The lowest BCUT2D eigenvalue weighted by atomic mass is 9.80. The molecule has 0 heterocycles. The summed E-state index contributed by atoms with van der Waals surface area (Å²) in [6.45, 7) is 8.15. The van der Waals surface area contributed by atoms with E-state index in [4.69, 9.17) is 0 Å². The van der Waals surface area contributed by atoms with Crippen molar-refractivity contribution in [2.45, 2.75) is 51.6 Å². The van der Waals surface area contributed by atoms with Crippen LogP contribution < -0.4 is 0 Å². The fourth-order valence-electron chi connectivity index (χ4n) is 2.51. The molecule has 0 saturated heterocycles. The summed E-state index contributed by atoms with van der Waals surface area (Å²) in [5, 5.41) is 10.5. The summed E-state index contributed by atoms with van der Waals surface area (Å²) in [5.41, 5.74) is 1.26. The second kappa shape index (κ2) is 8.10. The monoisotopic (exact) mass is 246 g/mol. The molecule has 3 unspecified atom stereocenters. The lowest BCUT2D eigenvalue weighted by Crippen LogP contribution is -2.24. The highest BCUT2D eigenvalue weighted by Crippen LogP contribution is 2.32. The summed E-state index contributed by atoms with van der Waals surface area (Å²) in [7, 11) is 0. The highest BCUT2D eigenvalue weighted by molar-refractivity contribution is 5.21. The van der Waals surface area contributed by atoms with Crippen LogP contribution in [0.25, 0.3) is 0 Å². The van der Waals surface area contributed by atoms with Crippen LogP contribution in [0.2, 0.25) is 0 Å². The van der Waals surface area contributed by atoms with Crippen molar-refractivity contribution < 1.29 is 5.11 Å². The molecule has 18 heavy (non-hydrogen) atoms. The summed E-state index contributed by atoms with van der Waals surface area (Å²) in [4.78, 5) is 0. The van der Waals surface area contributed by atoms with E-state index in [0.29, 0.717) is 5.92 Å². The van der Waals surface area contributed by atoms with Crippen LogP contribution in [-0.2, 0) is 0 Å². The van der Waals surface area contributed by atoms with E-state index in [1.165, 1.54) is 5.56 Å². The normalized spacial score (nSPS) is 15.9. The van der Waals surface area contributed by atoms with Crippen molar-refractivity contribution in [3.05, 3.63) is 48.6 Å². The zero-order valence-corrected chi connectivity index (χ0v) is 11.7. The molecule has 1 nitrogen and oxygen atoms in total. The average molecular weight is 246 g/mol. The first-order chi connectivity index (χ1) is 8.70. The molecule has 0 aliphatic carbocycles. The van der Waals surface area contributed by atoms with Gasteiger partial charge in [0, 0.05) is 5.92 Å². The Morgan fingerprint density at radius 1 is 1.28 bits per heavy atom. The quantitative estimate of drug-likeness (QED) is 0.527. The summed E-state index contributed by atoms with van der Waals surface area (Å²) >= 11 is 0. The molecule has 1 aromatic carbocycles. The molecule has 0 aliphatic heterocycles. The van der Waals surface area contributed by atoms with Gasteiger partial charge in [-0.1, -0.05) is 56.7 Å². The molecule has 0 saturated carbocycles. The predicted molar refractivity (Wildman–Crippen MR) is 78.7 cm³/mol. The van der Waals surface area contributed by atoms with Crippen LogP contribution in [0.3, 0.4) is 0 Å². The van der Waals surface area contributed by atoms with Crippen LogP contribution in [-0.4, -0.2) is 11.2 Å². The SMILES string of the molecule is C=CCCCC(O)C(c1ccccc1)C(C)CC. The Labute approximate surface area is 112 Å². The minimum atomic E-state index is -0.248. The van der Waals surface area contributed by atoms with E-state index in [1.54, 1.807) is 0 Å². The lowest BCUT2D eigenvalue weighted by molar-refractivity contribution is 0.106. The number of hydrogen-bond donors (Lipinski definition) is 1. The van der Waals surface area contributed by atoms with Gasteiger partial charge in [0.05, 0.1) is 6.10 Å². The standard InChI is InChI=1S/C17H26O/c1-4-6-8-13-16(18)17(14(3)5-2)15-11-9-7-10-12-15/h4,7,9-12,14,16-18H,1,5-6,8,13H2,2-3H3. The van der Waals surface area contributed by atoms with Gasteiger partial charge in [-0.3, -0.25) is 0 Å². The minimum Gasteiger partial charge on any atom is -0.392 e. The minimum absolute atomic E-state index is 0.248. The Morgan fingerprint density at radius 3 is 2.50 bits per heavy atom. The fraction of sp³-hybridized carbons (Fsp3) is 0.529. The van der Waals surface area contributed by atoms with E-state index in [-0.39, 0.29) is 12.0 Å². The largest absolute Gasteiger partial charge is 0.392 e. The number of rotatable bonds is 8. The average Bonchev–Trinajstić information content (AvgIpc) is 2.40. The third-order valence-corrected chi connectivity index (χ3v) is 3.76. The molecule has 0 bridgehead atoms. The molecule has 0 fully saturated rings. The van der Waals surface area contributed by atoms with Crippen LogP contribution in [0.15, 0.2) is 43.0 Å². The third kappa shape index (κ3) is 4.30. The van der Waals surface area contributed by atoms with E-state index in [9.17, 15) is 5.11 Å². The van der Waals surface area contributed by atoms with Gasteiger partial charge in [-0.2, -0.15) is 0 Å². The van der Waals surface area contributed by atoms with Crippen molar-refractivity contribution in [3.8, 4) is 0 Å². The summed E-state index contributed by atoms with van der Waals surface area (Å²) in [5.74, 6) is 0.757. The van der Waals surface area contributed by atoms with E-state index in [0.717, 1.165) is 25.7 Å². The van der Waals surface area contributed by atoms with Gasteiger partial charge in [-0.05, 0) is 30.7 Å². The van der Waals surface area contributed by atoms with E-state index in [2.05, 4.69) is 44.7 Å². The number of allylic oxidation sites excluding steroid dienone is 1. The van der Waals surface area contributed by atoms with Crippen LogP contribution in [0.5, 0.6) is 0 Å². The van der Waals surface area contributed by atoms with Gasteiger partial charge >= 0.3 is 0 Å². The van der Waals surface area contributed by atoms with Gasteiger partial charge in [0.2, 0.25) is 0 Å². The molecule has 0 aromatic heterocycles. The molecule has 0 aliphatic rings. The molecular weight excluding hydrogens is 220 g/mol. The smallest absolute Gasteiger partial charge is 0.0611 e. The van der Waals surface area contributed by atoms with Gasteiger partial charge in [0.1, 0.15) is 0 Å². The second-order valence-corrected chi connectivity index (χ2v) is 5.11.